The van der Waals surface area contributed by atoms with Crippen molar-refractivity contribution in [2.45, 2.75) is 37.3 Å². The summed E-state index contributed by atoms with van der Waals surface area (Å²) in [5, 5.41) is 24.4. The molecule has 2 aliphatic heterocycles. The van der Waals surface area contributed by atoms with Gasteiger partial charge in [-0.1, -0.05) is 48.5 Å². The van der Waals surface area contributed by atoms with Crippen molar-refractivity contribution in [2.24, 2.45) is 0 Å². The molecule has 144 valence electrons. The number of ether oxygens (including phenoxy) is 2. The number of aliphatic hydroxyl groups is 2. The molecule has 2 aliphatic rings. The molecule has 0 fully saturated rings. The summed E-state index contributed by atoms with van der Waals surface area (Å²) in [6, 6.07) is 16.2. The van der Waals surface area contributed by atoms with Gasteiger partial charge >= 0.3 is 0 Å². The van der Waals surface area contributed by atoms with Crippen LogP contribution in [0, 0.1) is 0 Å². The van der Waals surface area contributed by atoms with E-state index in [1.54, 1.807) is 0 Å². The van der Waals surface area contributed by atoms with E-state index in [0.717, 1.165) is 24.0 Å². The van der Waals surface area contributed by atoms with Crippen LogP contribution in [0.25, 0.3) is 0 Å². The first-order valence-electron chi connectivity index (χ1n) is 9.69. The average Bonchev–Trinajstić information content (AvgIpc) is 2.72. The fourth-order valence-corrected chi connectivity index (χ4v) is 4.08. The van der Waals surface area contributed by atoms with Gasteiger partial charge in [0.25, 0.3) is 0 Å². The smallest absolute Gasteiger partial charge is 0.110 e. The largest absolute Gasteiger partial charge is 0.389 e. The van der Waals surface area contributed by atoms with Crippen molar-refractivity contribution >= 4 is 0 Å². The zero-order chi connectivity index (χ0) is 18.6. The Bertz CT molecular complexity index is 702. The van der Waals surface area contributed by atoms with Crippen molar-refractivity contribution in [3.05, 3.63) is 70.8 Å². The summed E-state index contributed by atoms with van der Waals surface area (Å²) >= 11 is 0. The van der Waals surface area contributed by atoms with Crippen molar-refractivity contribution in [2.75, 3.05) is 26.3 Å². The molecule has 0 aromatic heterocycles. The lowest BCUT2D eigenvalue weighted by Gasteiger charge is -2.31. The molecule has 4 rings (SSSR count). The highest BCUT2D eigenvalue weighted by Crippen LogP contribution is 2.30. The van der Waals surface area contributed by atoms with Gasteiger partial charge in [-0.2, -0.15) is 0 Å². The van der Waals surface area contributed by atoms with E-state index in [4.69, 9.17) is 9.47 Å². The minimum Gasteiger partial charge on any atom is -0.389 e. The van der Waals surface area contributed by atoms with Crippen LogP contribution in [0.3, 0.4) is 0 Å². The third kappa shape index (κ3) is 4.08. The van der Waals surface area contributed by atoms with E-state index in [1.807, 2.05) is 36.4 Å². The summed E-state index contributed by atoms with van der Waals surface area (Å²) in [6.07, 6.45) is -0.234. The fourth-order valence-electron chi connectivity index (χ4n) is 4.08. The molecule has 0 bridgehead atoms. The molecule has 2 aromatic carbocycles. The van der Waals surface area contributed by atoms with Gasteiger partial charge in [-0.25, -0.2) is 0 Å². The first kappa shape index (κ1) is 18.6. The van der Waals surface area contributed by atoms with E-state index in [0.29, 0.717) is 26.3 Å². The molecule has 2 aromatic rings. The quantitative estimate of drug-likeness (QED) is 0.726. The van der Waals surface area contributed by atoms with E-state index in [-0.39, 0.29) is 12.2 Å². The minimum atomic E-state index is -0.668. The van der Waals surface area contributed by atoms with E-state index in [2.05, 4.69) is 17.4 Å². The molecule has 0 radical (unpaired) electrons. The summed E-state index contributed by atoms with van der Waals surface area (Å²) in [6.45, 7) is 1.94. The van der Waals surface area contributed by atoms with Crippen molar-refractivity contribution < 1.29 is 19.7 Å². The minimum absolute atomic E-state index is 0.328. The predicted octanol–water partition coefficient (Wildman–Crippen LogP) is 1.93. The third-order valence-electron chi connectivity index (χ3n) is 5.47. The van der Waals surface area contributed by atoms with Crippen LogP contribution in [0.1, 0.15) is 34.5 Å². The molecule has 4 unspecified atom stereocenters. The Labute approximate surface area is 159 Å². The molecule has 27 heavy (non-hydrogen) atoms. The molecule has 3 N–H and O–H groups in total. The number of aliphatic hydroxyl groups excluding tert-OH is 2. The number of hydrogen-bond acceptors (Lipinski definition) is 5. The predicted molar refractivity (Wildman–Crippen MR) is 103 cm³/mol. The summed E-state index contributed by atoms with van der Waals surface area (Å²) in [7, 11) is 0. The Morgan fingerprint density at radius 3 is 1.70 bits per heavy atom. The highest BCUT2D eigenvalue weighted by molar-refractivity contribution is 5.32. The van der Waals surface area contributed by atoms with Gasteiger partial charge in [0.1, 0.15) is 12.2 Å². The topological polar surface area (TPSA) is 71.0 Å². The molecule has 0 saturated heterocycles. The lowest BCUT2D eigenvalue weighted by Crippen LogP contribution is -2.40. The monoisotopic (exact) mass is 369 g/mol. The second-order valence-electron chi connectivity index (χ2n) is 7.27. The zero-order valence-corrected chi connectivity index (χ0v) is 15.4. The number of nitrogens with one attached hydrogen (secondary N) is 1. The van der Waals surface area contributed by atoms with Crippen molar-refractivity contribution in [1.82, 2.24) is 5.32 Å². The highest BCUT2D eigenvalue weighted by atomic mass is 16.5. The van der Waals surface area contributed by atoms with Crippen LogP contribution >= 0.6 is 0 Å². The maximum Gasteiger partial charge on any atom is 0.110 e. The summed E-state index contributed by atoms with van der Waals surface area (Å²) in [5.41, 5.74) is 4.59. The van der Waals surface area contributed by atoms with Gasteiger partial charge in [0.15, 0.2) is 0 Å². The Morgan fingerprint density at radius 2 is 1.22 bits per heavy atom. The van der Waals surface area contributed by atoms with Crippen molar-refractivity contribution in [3.8, 4) is 0 Å². The molecule has 0 spiro atoms. The second kappa shape index (κ2) is 8.50. The molecule has 0 amide bonds. The molecule has 5 nitrogen and oxygen atoms in total. The van der Waals surface area contributed by atoms with Crippen LogP contribution in [0.2, 0.25) is 0 Å². The lowest BCUT2D eigenvalue weighted by atomic mass is 9.93. The van der Waals surface area contributed by atoms with Crippen LogP contribution in [-0.2, 0) is 22.3 Å². The van der Waals surface area contributed by atoms with E-state index in [1.165, 1.54) is 11.1 Å². The Kier molecular flexibility index (Phi) is 5.86. The molecule has 0 aliphatic carbocycles. The highest BCUT2D eigenvalue weighted by Gasteiger charge is 2.29. The Morgan fingerprint density at radius 1 is 0.778 bits per heavy atom. The number of rotatable bonds is 6. The van der Waals surface area contributed by atoms with Gasteiger partial charge < -0.3 is 25.0 Å². The molecular weight excluding hydrogens is 342 g/mol. The zero-order valence-electron chi connectivity index (χ0n) is 15.4. The number of benzene rings is 2. The summed E-state index contributed by atoms with van der Waals surface area (Å²) in [4.78, 5) is 0. The lowest BCUT2D eigenvalue weighted by molar-refractivity contribution is -0.0559. The van der Waals surface area contributed by atoms with E-state index in [9.17, 15) is 10.2 Å². The maximum atomic E-state index is 10.6. The van der Waals surface area contributed by atoms with Gasteiger partial charge in [-0.05, 0) is 35.1 Å². The van der Waals surface area contributed by atoms with Crippen molar-refractivity contribution in [3.63, 3.8) is 0 Å². The van der Waals surface area contributed by atoms with Crippen LogP contribution < -0.4 is 5.32 Å². The molecule has 4 atom stereocenters. The van der Waals surface area contributed by atoms with E-state index < -0.39 is 12.2 Å². The SMILES string of the molecule is OC(CNCC(O)C1OCCc2ccccc21)C1OCCc2ccccc21. The van der Waals surface area contributed by atoms with Crippen molar-refractivity contribution in [1.29, 1.82) is 0 Å². The number of hydrogen-bond donors (Lipinski definition) is 3. The van der Waals surface area contributed by atoms with Crippen LogP contribution in [-0.4, -0.2) is 48.7 Å². The van der Waals surface area contributed by atoms with Crippen LogP contribution in [0.15, 0.2) is 48.5 Å². The van der Waals surface area contributed by atoms with Gasteiger partial charge in [-0.15, -0.1) is 0 Å². The van der Waals surface area contributed by atoms with E-state index >= 15 is 0 Å². The summed E-state index contributed by atoms with van der Waals surface area (Å²) < 4.78 is 11.6. The van der Waals surface area contributed by atoms with Crippen LogP contribution in [0.4, 0.5) is 0 Å². The van der Waals surface area contributed by atoms with Gasteiger partial charge in [0.05, 0.1) is 25.4 Å². The third-order valence-corrected chi connectivity index (χ3v) is 5.47. The second-order valence-corrected chi connectivity index (χ2v) is 7.27. The van der Waals surface area contributed by atoms with Gasteiger partial charge in [0, 0.05) is 13.1 Å². The molecule has 0 saturated carbocycles. The van der Waals surface area contributed by atoms with Gasteiger partial charge in [0.2, 0.25) is 0 Å². The van der Waals surface area contributed by atoms with Gasteiger partial charge in [-0.3, -0.25) is 0 Å². The standard InChI is InChI=1S/C22H27NO4/c24-19(21-17-7-3-1-5-15(17)9-11-26-21)13-23-14-20(25)22-18-8-4-2-6-16(18)10-12-27-22/h1-8,19-25H,9-14H2. The maximum absolute atomic E-state index is 10.6. The number of fused-ring (bicyclic) bond motifs is 2. The summed E-state index contributed by atoms with van der Waals surface area (Å²) in [5.74, 6) is 0. The Balaban J connectivity index is 1.33. The normalized spacial score (nSPS) is 23.9. The molecule has 5 heteroatoms. The first-order valence-corrected chi connectivity index (χ1v) is 9.69. The fraction of sp³-hybridized carbons (Fsp3) is 0.455. The average molecular weight is 369 g/mol. The first-order chi connectivity index (χ1) is 13.2. The molecule has 2 heterocycles. The van der Waals surface area contributed by atoms with Crippen LogP contribution in [0.5, 0.6) is 0 Å². The molecular formula is C22H27NO4. The Hall–Kier alpha value is -1.76.